The van der Waals surface area contributed by atoms with Gasteiger partial charge in [0.2, 0.25) is 20.9 Å². The van der Waals surface area contributed by atoms with Gasteiger partial charge in [0, 0.05) is 37.9 Å². The number of aromatic nitrogens is 2. The van der Waals surface area contributed by atoms with Gasteiger partial charge in [-0.3, -0.25) is 4.79 Å². The van der Waals surface area contributed by atoms with Gasteiger partial charge in [0.15, 0.2) is 0 Å². The molecular weight excluding hydrogens is 357 g/mol. The zero-order valence-electron chi connectivity index (χ0n) is 15.7. The van der Waals surface area contributed by atoms with E-state index in [2.05, 4.69) is 9.97 Å². The molecule has 2 saturated heterocycles. The van der Waals surface area contributed by atoms with Crippen LogP contribution in [0.15, 0.2) is 17.6 Å². The molecular formula is C16H24BN3O5S. The minimum atomic E-state index is -3.69. The van der Waals surface area contributed by atoms with Crippen LogP contribution >= 0.6 is 0 Å². The molecule has 2 aliphatic heterocycles. The van der Waals surface area contributed by atoms with Crippen molar-refractivity contribution in [3.63, 3.8) is 0 Å². The van der Waals surface area contributed by atoms with Crippen LogP contribution in [0.3, 0.4) is 0 Å². The molecule has 1 aromatic heterocycles. The summed E-state index contributed by atoms with van der Waals surface area (Å²) in [7, 11) is -4.33. The summed E-state index contributed by atoms with van der Waals surface area (Å²) in [5.74, 6) is -0.125. The number of rotatable bonds is 3. The van der Waals surface area contributed by atoms with Crippen LogP contribution in [0.5, 0.6) is 0 Å². The van der Waals surface area contributed by atoms with Crippen LogP contribution in [0.4, 0.5) is 0 Å². The van der Waals surface area contributed by atoms with E-state index in [1.165, 1.54) is 24.2 Å². The first-order valence-electron chi connectivity index (χ1n) is 8.61. The number of hydrogen-bond donors (Lipinski definition) is 0. The van der Waals surface area contributed by atoms with Crippen LogP contribution in [-0.2, 0) is 23.9 Å². The molecule has 8 nitrogen and oxygen atoms in total. The fraction of sp³-hybridized carbons (Fsp3) is 0.688. The Hall–Kier alpha value is -1.52. The van der Waals surface area contributed by atoms with Crippen LogP contribution < -0.4 is 5.46 Å². The second-order valence-corrected chi connectivity index (χ2v) is 9.93. The number of amides is 1. The maximum absolute atomic E-state index is 12.7. The van der Waals surface area contributed by atoms with E-state index in [1.807, 2.05) is 27.7 Å². The zero-order valence-corrected chi connectivity index (χ0v) is 16.5. The molecule has 0 aromatic carbocycles. The summed E-state index contributed by atoms with van der Waals surface area (Å²) >= 11 is 0. The molecule has 1 amide bonds. The smallest absolute Gasteiger partial charge is 0.399 e. The van der Waals surface area contributed by atoms with E-state index in [0.29, 0.717) is 18.4 Å². The van der Waals surface area contributed by atoms with Crippen LogP contribution in [-0.4, -0.2) is 65.9 Å². The molecule has 2 aliphatic rings. The normalized spacial score (nSPS) is 24.9. The van der Waals surface area contributed by atoms with Crippen molar-refractivity contribution in [2.45, 2.75) is 62.6 Å². The van der Waals surface area contributed by atoms with Crippen molar-refractivity contribution in [3.05, 3.63) is 12.4 Å². The summed E-state index contributed by atoms with van der Waals surface area (Å²) in [4.78, 5) is 21.0. The van der Waals surface area contributed by atoms with Crippen LogP contribution in [0.1, 0.15) is 41.0 Å². The lowest BCUT2D eigenvalue weighted by molar-refractivity contribution is -0.127. The first-order valence-corrected chi connectivity index (χ1v) is 10.2. The lowest BCUT2D eigenvalue weighted by Gasteiger charge is -2.32. The van der Waals surface area contributed by atoms with E-state index in [0.717, 1.165) is 0 Å². The van der Waals surface area contributed by atoms with Gasteiger partial charge in [0.1, 0.15) is 0 Å². The first-order chi connectivity index (χ1) is 11.9. The largest absolute Gasteiger partial charge is 0.498 e. The highest BCUT2D eigenvalue weighted by Crippen LogP contribution is 2.36. The Balaban J connectivity index is 1.77. The minimum absolute atomic E-state index is 0.125. The Labute approximate surface area is 154 Å². The third-order valence-corrected chi connectivity index (χ3v) is 7.44. The molecule has 0 spiro atoms. The van der Waals surface area contributed by atoms with Crippen molar-refractivity contribution in [3.8, 4) is 0 Å². The Bertz CT molecular complexity index is 794. The summed E-state index contributed by atoms with van der Waals surface area (Å²) in [6.45, 7) is 9.80. The summed E-state index contributed by atoms with van der Waals surface area (Å²) < 4.78 is 37.3. The van der Waals surface area contributed by atoms with Crippen molar-refractivity contribution in [1.82, 2.24) is 14.9 Å². The van der Waals surface area contributed by atoms with Crippen molar-refractivity contribution < 1.29 is 22.5 Å². The summed E-state index contributed by atoms with van der Waals surface area (Å²) in [6.07, 6.45) is 3.25. The summed E-state index contributed by atoms with van der Waals surface area (Å²) in [5.41, 5.74) is -0.426. The predicted molar refractivity (Wildman–Crippen MR) is 95.6 cm³/mol. The maximum Gasteiger partial charge on any atom is 0.498 e. The number of carbonyl (C=O) groups is 1. The average molecular weight is 381 g/mol. The van der Waals surface area contributed by atoms with Gasteiger partial charge in [-0.15, -0.1) is 0 Å². The highest BCUT2D eigenvalue weighted by Gasteiger charge is 2.52. The average Bonchev–Trinajstić information content (AvgIpc) is 3.11. The van der Waals surface area contributed by atoms with Gasteiger partial charge >= 0.3 is 7.12 Å². The van der Waals surface area contributed by atoms with E-state index in [-0.39, 0.29) is 17.6 Å². The second-order valence-electron chi connectivity index (χ2n) is 7.81. The number of sulfone groups is 1. The first kappa shape index (κ1) is 19.3. The predicted octanol–water partition coefficient (Wildman–Crippen LogP) is 0.170. The van der Waals surface area contributed by atoms with E-state index < -0.39 is 33.4 Å². The van der Waals surface area contributed by atoms with E-state index >= 15 is 0 Å². The lowest BCUT2D eigenvalue weighted by Crippen LogP contribution is -2.41. The van der Waals surface area contributed by atoms with Gasteiger partial charge < -0.3 is 14.2 Å². The third-order valence-electron chi connectivity index (χ3n) is 5.46. The highest BCUT2D eigenvalue weighted by molar-refractivity contribution is 7.91. The molecule has 10 heteroatoms. The van der Waals surface area contributed by atoms with Gasteiger partial charge in [0.05, 0.1) is 16.5 Å². The molecule has 1 atom stereocenters. The number of likely N-dealkylation sites (tertiary alicyclic amines) is 1. The molecule has 1 unspecified atom stereocenters. The summed E-state index contributed by atoms with van der Waals surface area (Å²) in [5, 5.41) is -0.901. The van der Waals surface area contributed by atoms with Crippen molar-refractivity contribution in [2.24, 2.45) is 0 Å². The van der Waals surface area contributed by atoms with E-state index in [9.17, 15) is 13.2 Å². The van der Waals surface area contributed by atoms with Gasteiger partial charge in [-0.25, -0.2) is 18.4 Å². The Morgan fingerprint density at radius 3 is 2.19 bits per heavy atom. The molecule has 0 N–H and O–H groups in total. The maximum atomic E-state index is 12.7. The topological polar surface area (TPSA) is 98.7 Å². The molecule has 0 aliphatic carbocycles. The third kappa shape index (κ3) is 3.25. The molecule has 0 bridgehead atoms. The second kappa shape index (κ2) is 6.28. The zero-order chi connectivity index (χ0) is 19.3. The molecule has 26 heavy (non-hydrogen) atoms. The van der Waals surface area contributed by atoms with Crippen LogP contribution in [0.2, 0.25) is 0 Å². The number of nitrogens with zero attached hydrogens (tertiary/aromatic N) is 3. The highest BCUT2D eigenvalue weighted by atomic mass is 32.2. The Kier molecular flexibility index (Phi) is 4.65. The van der Waals surface area contributed by atoms with Gasteiger partial charge in [-0.2, -0.15) is 0 Å². The molecule has 2 fully saturated rings. The molecule has 0 radical (unpaired) electrons. The molecule has 3 heterocycles. The fourth-order valence-corrected chi connectivity index (χ4v) is 4.48. The lowest BCUT2D eigenvalue weighted by atomic mass is 9.81. The van der Waals surface area contributed by atoms with Crippen LogP contribution in [0.25, 0.3) is 0 Å². The van der Waals surface area contributed by atoms with Crippen molar-refractivity contribution >= 4 is 28.3 Å². The Morgan fingerprint density at radius 2 is 1.73 bits per heavy atom. The van der Waals surface area contributed by atoms with Gasteiger partial charge in [-0.05, 0) is 34.1 Å². The minimum Gasteiger partial charge on any atom is -0.399 e. The van der Waals surface area contributed by atoms with Crippen molar-refractivity contribution in [2.75, 3.05) is 13.1 Å². The summed E-state index contributed by atoms with van der Waals surface area (Å²) in [6, 6.07) is 0. The van der Waals surface area contributed by atoms with E-state index in [4.69, 9.17) is 9.31 Å². The molecule has 3 rings (SSSR count). The van der Waals surface area contributed by atoms with Gasteiger partial charge in [-0.1, -0.05) is 0 Å². The molecule has 1 aromatic rings. The fourth-order valence-electron chi connectivity index (χ4n) is 2.99. The van der Waals surface area contributed by atoms with Gasteiger partial charge in [0.25, 0.3) is 0 Å². The number of hydrogen-bond acceptors (Lipinski definition) is 7. The van der Waals surface area contributed by atoms with E-state index in [1.54, 1.807) is 0 Å². The monoisotopic (exact) mass is 381 g/mol. The Morgan fingerprint density at radius 1 is 1.19 bits per heavy atom. The molecule has 142 valence electrons. The standard InChI is InChI=1S/C16H24BN3O5S/c1-11(21)20-7-6-13(10-20)26(22,23)14-18-8-12(9-19-14)17-24-15(2,3)16(4,5)25-17/h8-9,13H,6-7,10H2,1-5H3. The molecule has 0 saturated carbocycles. The van der Waals surface area contributed by atoms with Crippen molar-refractivity contribution in [1.29, 1.82) is 0 Å². The quantitative estimate of drug-likeness (QED) is 0.544. The SMILES string of the molecule is CC(=O)N1CCC(S(=O)(=O)c2ncc(B3OC(C)(C)C(C)(C)O3)cn2)C1. The number of carbonyl (C=O) groups excluding carboxylic acids is 1. The van der Waals surface area contributed by atoms with Crippen LogP contribution in [0, 0.1) is 0 Å².